The molecule has 1 nitrogen and oxygen atoms in total. The third-order valence-electron chi connectivity index (χ3n) is 4.31. The van der Waals surface area contributed by atoms with Crippen molar-refractivity contribution < 1.29 is 5.11 Å². The Morgan fingerprint density at radius 1 is 1.05 bits per heavy atom. The molecular weight excluding hydrogens is 232 g/mol. The van der Waals surface area contributed by atoms with Gasteiger partial charge in [-0.15, -0.1) is 0 Å². The molecule has 1 aliphatic carbocycles. The van der Waals surface area contributed by atoms with Crippen molar-refractivity contribution in [2.45, 2.75) is 76.7 Å². The van der Waals surface area contributed by atoms with Crippen LogP contribution in [0.25, 0.3) is 0 Å². The van der Waals surface area contributed by atoms with E-state index in [0.717, 1.165) is 25.2 Å². The Morgan fingerprint density at radius 2 is 1.68 bits per heavy atom. The van der Waals surface area contributed by atoms with Crippen molar-refractivity contribution >= 4 is 0 Å². The zero-order valence-corrected chi connectivity index (χ0v) is 12.5. The minimum Gasteiger partial charge on any atom is -0.390 e. The number of rotatable bonds is 5. The van der Waals surface area contributed by atoms with Crippen molar-refractivity contribution in [2.75, 3.05) is 0 Å². The molecule has 2 rings (SSSR count). The lowest BCUT2D eigenvalue weighted by molar-refractivity contribution is 0.0689. The van der Waals surface area contributed by atoms with Crippen LogP contribution in [0.2, 0.25) is 0 Å². The van der Waals surface area contributed by atoms with E-state index in [0.29, 0.717) is 0 Å². The second kappa shape index (κ2) is 6.56. The van der Waals surface area contributed by atoms with Gasteiger partial charge in [0.15, 0.2) is 0 Å². The lowest BCUT2D eigenvalue weighted by atomic mass is 9.84. The molecule has 0 heterocycles. The Bertz CT molecular complexity index is 366. The Morgan fingerprint density at radius 3 is 2.26 bits per heavy atom. The third-order valence-corrected chi connectivity index (χ3v) is 4.31. The molecule has 0 amide bonds. The van der Waals surface area contributed by atoms with Crippen molar-refractivity contribution in [3.05, 3.63) is 35.4 Å². The van der Waals surface area contributed by atoms with Gasteiger partial charge in [0.25, 0.3) is 0 Å². The first-order valence-electron chi connectivity index (χ1n) is 7.86. The van der Waals surface area contributed by atoms with E-state index < -0.39 is 5.60 Å². The molecule has 106 valence electrons. The number of aliphatic hydroxyl groups is 1. The summed E-state index contributed by atoms with van der Waals surface area (Å²) in [5.41, 5.74) is 2.41. The minimum atomic E-state index is -0.526. The van der Waals surface area contributed by atoms with Gasteiger partial charge < -0.3 is 5.11 Å². The Kier molecular flexibility index (Phi) is 5.04. The summed E-state index contributed by atoms with van der Waals surface area (Å²) in [5.74, 6) is 0.805. The van der Waals surface area contributed by atoms with Crippen LogP contribution < -0.4 is 0 Å². The van der Waals surface area contributed by atoms with Gasteiger partial charge in [0.2, 0.25) is 0 Å². The summed E-state index contributed by atoms with van der Waals surface area (Å²) in [4.78, 5) is 0. The standard InChI is InChI=1S/C18H28O/c1-18(2,19)14-6-7-15-10-12-17(13-11-15)16-8-4-3-5-9-16/h10-13,16,19H,3-9,14H2,1-2H3. The van der Waals surface area contributed by atoms with Crippen LogP contribution in [-0.2, 0) is 6.42 Å². The van der Waals surface area contributed by atoms with Crippen molar-refractivity contribution in [1.82, 2.24) is 0 Å². The fourth-order valence-electron chi connectivity index (χ4n) is 3.12. The second-order valence-corrected chi connectivity index (χ2v) is 6.74. The average molecular weight is 260 g/mol. The number of hydrogen-bond donors (Lipinski definition) is 1. The molecular formula is C18H28O. The normalized spacial score (nSPS) is 17.6. The van der Waals surface area contributed by atoms with Crippen LogP contribution in [0.15, 0.2) is 24.3 Å². The van der Waals surface area contributed by atoms with Gasteiger partial charge in [-0.05, 0) is 63.0 Å². The van der Waals surface area contributed by atoms with Crippen molar-refractivity contribution in [3.8, 4) is 0 Å². The molecule has 1 aliphatic rings. The largest absolute Gasteiger partial charge is 0.390 e. The second-order valence-electron chi connectivity index (χ2n) is 6.74. The summed E-state index contributed by atoms with van der Waals surface area (Å²) in [6.07, 6.45) is 9.98. The van der Waals surface area contributed by atoms with Gasteiger partial charge in [0.05, 0.1) is 5.60 Å². The molecule has 1 aromatic rings. The first kappa shape index (κ1) is 14.6. The van der Waals surface area contributed by atoms with Crippen LogP contribution in [0.1, 0.15) is 75.8 Å². The van der Waals surface area contributed by atoms with E-state index in [1.165, 1.54) is 43.2 Å². The van der Waals surface area contributed by atoms with Gasteiger partial charge in [0, 0.05) is 0 Å². The molecule has 0 atom stereocenters. The fourth-order valence-corrected chi connectivity index (χ4v) is 3.12. The molecule has 0 saturated heterocycles. The molecule has 0 aromatic heterocycles. The smallest absolute Gasteiger partial charge is 0.0591 e. The lowest BCUT2D eigenvalue weighted by Crippen LogP contribution is -2.18. The van der Waals surface area contributed by atoms with Gasteiger partial charge in [-0.2, -0.15) is 0 Å². The van der Waals surface area contributed by atoms with Crippen LogP contribution in [-0.4, -0.2) is 10.7 Å². The molecule has 0 radical (unpaired) electrons. The fraction of sp³-hybridized carbons (Fsp3) is 0.667. The van der Waals surface area contributed by atoms with E-state index in [9.17, 15) is 5.11 Å². The highest BCUT2D eigenvalue weighted by atomic mass is 16.3. The van der Waals surface area contributed by atoms with E-state index >= 15 is 0 Å². The highest BCUT2D eigenvalue weighted by molar-refractivity contribution is 5.25. The third kappa shape index (κ3) is 4.99. The maximum Gasteiger partial charge on any atom is 0.0591 e. The molecule has 1 N–H and O–H groups in total. The number of hydrogen-bond acceptors (Lipinski definition) is 1. The SMILES string of the molecule is CC(C)(O)CCCc1ccc(C2CCCCC2)cc1. The van der Waals surface area contributed by atoms with Crippen molar-refractivity contribution in [2.24, 2.45) is 0 Å². The number of aryl methyl sites for hydroxylation is 1. The van der Waals surface area contributed by atoms with E-state index in [1.807, 2.05) is 13.8 Å². The molecule has 19 heavy (non-hydrogen) atoms. The van der Waals surface area contributed by atoms with Gasteiger partial charge in [-0.25, -0.2) is 0 Å². The van der Waals surface area contributed by atoms with E-state index in [1.54, 1.807) is 0 Å². The molecule has 0 aliphatic heterocycles. The highest BCUT2D eigenvalue weighted by Crippen LogP contribution is 2.32. The van der Waals surface area contributed by atoms with Crippen LogP contribution in [0, 0.1) is 0 Å². The zero-order chi connectivity index (χ0) is 13.7. The van der Waals surface area contributed by atoms with Crippen LogP contribution in [0.5, 0.6) is 0 Å². The van der Waals surface area contributed by atoms with Gasteiger partial charge >= 0.3 is 0 Å². The Labute approximate surface area is 118 Å². The van der Waals surface area contributed by atoms with Crippen LogP contribution in [0.4, 0.5) is 0 Å². The summed E-state index contributed by atoms with van der Waals surface area (Å²) in [7, 11) is 0. The molecule has 1 fully saturated rings. The van der Waals surface area contributed by atoms with Crippen LogP contribution in [0.3, 0.4) is 0 Å². The van der Waals surface area contributed by atoms with Gasteiger partial charge in [-0.1, -0.05) is 43.5 Å². The molecule has 0 bridgehead atoms. The van der Waals surface area contributed by atoms with Gasteiger partial charge in [0.1, 0.15) is 0 Å². The summed E-state index contributed by atoms with van der Waals surface area (Å²) in [6, 6.07) is 9.23. The maximum atomic E-state index is 9.71. The molecule has 1 saturated carbocycles. The topological polar surface area (TPSA) is 20.2 Å². The van der Waals surface area contributed by atoms with Gasteiger partial charge in [-0.3, -0.25) is 0 Å². The lowest BCUT2D eigenvalue weighted by Gasteiger charge is -2.22. The Balaban J connectivity index is 1.84. The van der Waals surface area contributed by atoms with E-state index in [4.69, 9.17) is 0 Å². The predicted octanol–water partition coefficient (Wildman–Crippen LogP) is 4.83. The highest BCUT2D eigenvalue weighted by Gasteiger charge is 2.15. The van der Waals surface area contributed by atoms with Crippen molar-refractivity contribution in [1.29, 1.82) is 0 Å². The first-order chi connectivity index (χ1) is 9.04. The number of benzene rings is 1. The molecule has 0 unspecified atom stereocenters. The summed E-state index contributed by atoms with van der Waals surface area (Å²) < 4.78 is 0. The minimum absolute atomic E-state index is 0.526. The molecule has 1 aromatic carbocycles. The van der Waals surface area contributed by atoms with Crippen LogP contribution >= 0.6 is 0 Å². The maximum absolute atomic E-state index is 9.71. The summed E-state index contributed by atoms with van der Waals surface area (Å²) in [5, 5.41) is 9.71. The first-order valence-corrected chi connectivity index (χ1v) is 7.86. The molecule has 1 heteroatoms. The van der Waals surface area contributed by atoms with E-state index in [-0.39, 0.29) is 0 Å². The average Bonchev–Trinajstić information content (AvgIpc) is 2.39. The van der Waals surface area contributed by atoms with Crippen molar-refractivity contribution in [3.63, 3.8) is 0 Å². The van der Waals surface area contributed by atoms with E-state index in [2.05, 4.69) is 24.3 Å². The zero-order valence-electron chi connectivity index (χ0n) is 12.5. The Hall–Kier alpha value is -0.820. The summed E-state index contributed by atoms with van der Waals surface area (Å²) in [6.45, 7) is 3.78. The summed E-state index contributed by atoms with van der Waals surface area (Å²) >= 11 is 0. The molecule has 0 spiro atoms. The predicted molar refractivity (Wildman–Crippen MR) is 81.5 cm³/mol. The quantitative estimate of drug-likeness (QED) is 0.804. The monoisotopic (exact) mass is 260 g/mol.